The van der Waals surface area contributed by atoms with Crippen LogP contribution >= 0.6 is 23.2 Å². The van der Waals surface area contributed by atoms with Gasteiger partial charge in [0.1, 0.15) is 11.3 Å². The van der Waals surface area contributed by atoms with E-state index in [-0.39, 0.29) is 10.6 Å². The third-order valence-electron chi connectivity index (χ3n) is 7.18. The second-order valence-electron chi connectivity index (χ2n) is 9.78. The zero-order valence-electron chi connectivity index (χ0n) is 21.1. The van der Waals surface area contributed by atoms with E-state index in [1.54, 1.807) is 24.3 Å². The highest BCUT2D eigenvalue weighted by Crippen LogP contribution is 2.40. The van der Waals surface area contributed by atoms with E-state index in [1.165, 1.54) is 12.1 Å². The summed E-state index contributed by atoms with van der Waals surface area (Å²) in [6, 6.07) is 21.3. The van der Waals surface area contributed by atoms with Crippen LogP contribution in [-0.2, 0) is 23.0 Å². The lowest BCUT2D eigenvalue weighted by molar-refractivity contribution is 0.0976. The van der Waals surface area contributed by atoms with Gasteiger partial charge >= 0.3 is 0 Å². The number of imidazole rings is 1. The average Bonchev–Trinajstić information content (AvgIpc) is 3.32. The maximum Gasteiger partial charge on any atom is 0.282 e. The SMILES string of the molecule is Cc1ccc(S(=O)(=O)NC(=O)c2c(-c3ccc(Cl)cc3)c3c4n(c(-c5ccc(Cl)cc5)cn24)CCCC3)cc1. The van der Waals surface area contributed by atoms with Crippen LogP contribution in [0.1, 0.15) is 34.5 Å². The number of amides is 1. The Morgan fingerprint density at radius 2 is 1.46 bits per heavy atom. The highest BCUT2D eigenvalue weighted by Gasteiger charge is 2.31. The van der Waals surface area contributed by atoms with Gasteiger partial charge in [-0.2, -0.15) is 0 Å². The summed E-state index contributed by atoms with van der Waals surface area (Å²) in [4.78, 5) is 14.0. The van der Waals surface area contributed by atoms with E-state index in [4.69, 9.17) is 23.2 Å². The van der Waals surface area contributed by atoms with Crippen molar-refractivity contribution in [3.05, 3.63) is 106 Å². The first kappa shape index (κ1) is 25.7. The van der Waals surface area contributed by atoms with Crippen LogP contribution in [0.2, 0.25) is 10.0 Å². The normalized spacial score (nSPS) is 13.4. The summed E-state index contributed by atoms with van der Waals surface area (Å²) < 4.78 is 32.9. The van der Waals surface area contributed by atoms with Crippen molar-refractivity contribution in [2.24, 2.45) is 0 Å². The summed E-state index contributed by atoms with van der Waals surface area (Å²) in [5.74, 6) is -0.692. The average molecular weight is 579 g/mol. The molecule has 1 amide bonds. The Balaban J connectivity index is 1.58. The fourth-order valence-corrected chi connectivity index (χ4v) is 6.54. The van der Waals surface area contributed by atoms with Gasteiger partial charge in [-0.05, 0) is 73.7 Å². The van der Waals surface area contributed by atoms with Crippen molar-refractivity contribution in [1.29, 1.82) is 0 Å². The van der Waals surface area contributed by atoms with Crippen molar-refractivity contribution in [1.82, 2.24) is 13.7 Å². The molecule has 0 bridgehead atoms. The summed E-state index contributed by atoms with van der Waals surface area (Å²) in [5.41, 5.74) is 6.51. The number of carbonyl (C=O) groups is 1. The molecule has 1 aliphatic heterocycles. The van der Waals surface area contributed by atoms with Gasteiger partial charge in [0.25, 0.3) is 15.9 Å². The lowest BCUT2D eigenvalue weighted by Gasteiger charge is -2.11. The molecule has 0 unspecified atom stereocenters. The topological polar surface area (TPSA) is 72.6 Å². The first-order valence-corrected chi connectivity index (χ1v) is 14.9. The molecule has 2 aromatic heterocycles. The van der Waals surface area contributed by atoms with Crippen LogP contribution in [0.3, 0.4) is 0 Å². The predicted octanol–water partition coefficient (Wildman–Crippen LogP) is 7.15. The van der Waals surface area contributed by atoms with E-state index >= 15 is 0 Å². The number of halogens is 2. The molecule has 3 heterocycles. The molecule has 1 N–H and O–H groups in total. The van der Waals surface area contributed by atoms with Crippen molar-refractivity contribution in [2.75, 3.05) is 0 Å². The minimum absolute atomic E-state index is 0.0306. The molecular formula is C30H25Cl2N3O3S. The van der Waals surface area contributed by atoms with Gasteiger partial charge in [-0.1, -0.05) is 65.2 Å². The maximum absolute atomic E-state index is 13.9. The van der Waals surface area contributed by atoms with Crippen molar-refractivity contribution < 1.29 is 13.2 Å². The third-order valence-corrected chi connectivity index (χ3v) is 9.03. The first-order chi connectivity index (χ1) is 18.7. The molecular weight excluding hydrogens is 553 g/mol. The lowest BCUT2D eigenvalue weighted by Crippen LogP contribution is -2.31. The summed E-state index contributed by atoms with van der Waals surface area (Å²) >= 11 is 12.3. The van der Waals surface area contributed by atoms with E-state index in [9.17, 15) is 13.2 Å². The largest absolute Gasteiger partial charge is 0.325 e. The van der Waals surface area contributed by atoms with Gasteiger partial charge in [0.2, 0.25) is 0 Å². The van der Waals surface area contributed by atoms with Crippen molar-refractivity contribution >= 4 is 44.8 Å². The van der Waals surface area contributed by atoms with E-state index in [2.05, 4.69) is 9.29 Å². The highest BCUT2D eigenvalue weighted by molar-refractivity contribution is 7.90. The van der Waals surface area contributed by atoms with Crippen LogP contribution in [0.15, 0.2) is 83.9 Å². The van der Waals surface area contributed by atoms with Gasteiger partial charge < -0.3 is 4.57 Å². The lowest BCUT2D eigenvalue weighted by atomic mass is 9.98. The first-order valence-electron chi connectivity index (χ1n) is 12.6. The van der Waals surface area contributed by atoms with E-state index < -0.39 is 15.9 Å². The fraction of sp³-hybridized carbons (Fsp3) is 0.167. The summed E-state index contributed by atoms with van der Waals surface area (Å²) in [5, 5.41) is 1.22. The standard InChI is InChI=1S/C30H25Cl2N3O3S/c1-19-5-15-24(16-6-19)39(37,38)33-29(36)28-27(21-9-13-23(32)14-10-21)25-4-2-3-17-34-26(18-35(28)30(25)34)20-7-11-22(31)12-8-20/h5-16,18H,2-4,17H2,1H3,(H,33,36). The number of rotatable bonds is 5. The number of sulfonamides is 1. The molecule has 0 radical (unpaired) electrons. The molecule has 0 aliphatic carbocycles. The molecule has 0 atom stereocenters. The second kappa shape index (κ2) is 9.90. The van der Waals surface area contributed by atoms with Crippen LogP contribution in [0.5, 0.6) is 0 Å². The molecule has 6 nitrogen and oxygen atoms in total. The van der Waals surface area contributed by atoms with Gasteiger partial charge in [-0.25, -0.2) is 13.1 Å². The zero-order valence-corrected chi connectivity index (χ0v) is 23.4. The van der Waals surface area contributed by atoms with Crippen LogP contribution in [0.25, 0.3) is 28.0 Å². The van der Waals surface area contributed by atoms with Crippen molar-refractivity contribution in [2.45, 2.75) is 37.6 Å². The quantitative estimate of drug-likeness (QED) is 0.241. The van der Waals surface area contributed by atoms with Crippen LogP contribution in [-0.4, -0.2) is 23.3 Å². The molecule has 1 aliphatic rings. The Morgan fingerprint density at radius 3 is 2.10 bits per heavy atom. The number of aromatic nitrogens is 2. The molecule has 39 heavy (non-hydrogen) atoms. The Morgan fingerprint density at radius 1 is 0.846 bits per heavy atom. The van der Waals surface area contributed by atoms with Crippen LogP contribution < -0.4 is 4.72 Å². The van der Waals surface area contributed by atoms with E-state index in [0.717, 1.165) is 65.0 Å². The molecule has 3 aromatic carbocycles. The summed E-state index contributed by atoms with van der Waals surface area (Å²) in [6.07, 6.45) is 4.58. The van der Waals surface area contributed by atoms with E-state index in [0.29, 0.717) is 10.0 Å². The monoisotopic (exact) mass is 577 g/mol. The van der Waals surface area contributed by atoms with E-state index in [1.807, 2.05) is 53.9 Å². The molecule has 0 saturated heterocycles. The minimum Gasteiger partial charge on any atom is -0.325 e. The van der Waals surface area contributed by atoms with Gasteiger partial charge in [-0.3, -0.25) is 9.20 Å². The number of nitrogens with zero attached hydrogens (tertiary/aromatic N) is 2. The number of hydrogen-bond donors (Lipinski definition) is 1. The Kier molecular flexibility index (Phi) is 6.53. The predicted molar refractivity (Wildman–Crippen MR) is 155 cm³/mol. The molecule has 9 heteroatoms. The number of hydrogen-bond acceptors (Lipinski definition) is 3. The highest BCUT2D eigenvalue weighted by atomic mass is 35.5. The Labute approximate surface area is 236 Å². The van der Waals surface area contributed by atoms with Gasteiger partial charge in [0.05, 0.1) is 10.6 Å². The molecule has 5 aromatic rings. The molecule has 198 valence electrons. The fourth-order valence-electron chi connectivity index (χ4n) is 5.33. The number of aryl methyl sites for hydroxylation is 3. The van der Waals surface area contributed by atoms with Gasteiger partial charge in [0.15, 0.2) is 0 Å². The molecule has 0 saturated carbocycles. The smallest absolute Gasteiger partial charge is 0.282 e. The van der Waals surface area contributed by atoms with Crippen molar-refractivity contribution in [3.8, 4) is 22.4 Å². The molecule has 6 rings (SSSR count). The van der Waals surface area contributed by atoms with Crippen LogP contribution in [0, 0.1) is 6.92 Å². The van der Waals surface area contributed by atoms with Gasteiger partial charge in [-0.15, -0.1) is 0 Å². The summed E-state index contributed by atoms with van der Waals surface area (Å²) in [7, 11) is -4.10. The molecule has 0 fully saturated rings. The second-order valence-corrected chi connectivity index (χ2v) is 12.3. The molecule has 0 spiro atoms. The van der Waals surface area contributed by atoms with Gasteiger partial charge in [0, 0.05) is 33.9 Å². The Hall–Kier alpha value is -3.52. The summed E-state index contributed by atoms with van der Waals surface area (Å²) in [6.45, 7) is 2.65. The van der Waals surface area contributed by atoms with Crippen molar-refractivity contribution in [3.63, 3.8) is 0 Å². The zero-order chi connectivity index (χ0) is 27.3. The number of carbonyl (C=O) groups excluding carboxylic acids is 1. The van der Waals surface area contributed by atoms with Crippen LogP contribution in [0.4, 0.5) is 0 Å². The minimum atomic E-state index is -4.10. The third kappa shape index (κ3) is 4.65. The Bertz CT molecular complexity index is 1820. The maximum atomic E-state index is 13.9. The number of benzene rings is 3. The number of nitrogens with one attached hydrogen (secondary N) is 1.